The summed E-state index contributed by atoms with van der Waals surface area (Å²) in [4.78, 5) is 2.58. The van der Waals surface area contributed by atoms with Gasteiger partial charge in [-0.2, -0.15) is 0 Å². The molecule has 2 nitrogen and oxygen atoms in total. The van der Waals surface area contributed by atoms with Crippen LogP contribution in [0.25, 0.3) is 0 Å². The summed E-state index contributed by atoms with van der Waals surface area (Å²) in [5.74, 6) is 0.940. The van der Waals surface area contributed by atoms with E-state index in [1.54, 1.807) is 0 Å². The van der Waals surface area contributed by atoms with Crippen molar-refractivity contribution >= 4 is 0 Å². The van der Waals surface area contributed by atoms with E-state index in [-0.39, 0.29) is 0 Å². The molecule has 96 valence electrons. The summed E-state index contributed by atoms with van der Waals surface area (Å²) in [6, 6.07) is 1.47. The van der Waals surface area contributed by atoms with Crippen LogP contribution in [0.2, 0.25) is 0 Å². The quantitative estimate of drug-likeness (QED) is 0.701. The van der Waals surface area contributed by atoms with Gasteiger partial charge in [0.05, 0.1) is 0 Å². The predicted octanol–water partition coefficient (Wildman–Crippen LogP) is 2.89. The van der Waals surface area contributed by atoms with Crippen LogP contribution >= 0.6 is 0 Å². The smallest absolute Gasteiger partial charge is 0.00947 e. The molecule has 0 spiro atoms. The van der Waals surface area contributed by atoms with E-state index in [4.69, 9.17) is 0 Å². The molecule has 2 unspecified atom stereocenters. The summed E-state index contributed by atoms with van der Waals surface area (Å²) in [5.41, 5.74) is 0. The van der Waals surface area contributed by atoms with Gasteiger partial charge < -0.3 is 10.2 Å². The fourth-order valence-corrected chi connectivity index (χ4v) is 2.70. The van der Waals surface area contributed by atoms with E-state index in [0.29, 0.717) is 6.04 Å². The van der Waals surface area contributed by atoms with Crippen molar-refractivity contribution in [2.45, 2.75) is 65.0 Å². The molecule has 16 heavy (non-hydrogen) atoms. The molecule has 0 aromatic rings. The molecule has 1 aliphatic carbocycles. The minimum absolute atomic E-state index is 0.625. The highest BCUT2D eigenvalue weighted by Crippen LogP contribution is 2.26. The maximum atomic E-state index is 3.49. The molecular weight excluding hydrogens is 196 g/mol. The van der Waals surface area contributed by atoms with Crippen LogP contribution in [0.4, 0.5) is 0 Å². The van der Waals surface area contributed by atoms with Gasteiger partial charge in [-0.25, -0.2) is 0 Å². The van der Waals surface area contributed by atoms with Crippen molar-refractivity contribution in [1.82, 2.24) is 10.2 Å². The maximum absolute atomic E-state index is 3.49. The van der Waals surface area contributed by atoms with Crippen molar-refractivity contribution in [2.75, 3.05) is 20.1 Å². The Kier molecular flexibility index (Phi) is 6.37. The van der Waals surface area contributed by atoms with Crippen molar-refractivity contribution in [3.05, 3.63) is 0 Å². The fourth-order valence-electron chi connectivity index (χ4n) is 2.70. The van der Waals surface area contributed by atoms with Gasteiger partial charge in [0.15, 0.2) is 0 Å². The van der Waals surface area contributed by atoms with Gasteiger partial charge in [-0.15, -0.1) is 0 Å². The lowest BCUT2D eigenvalue weighted by Gasteiger charge is -2.34. The number of hydrogen-bond acceptors (Lipinski definition) is 2. The Morgan fingerprint density at radius 3 is 2.69 bits per heavy atom. The highest BCUT2D eigenvalue weighted by Gasteiger charge is 2.21. The Labute approximate surface area is 102 Å². The van der Waals surface area contributed by atoms with Crippen molar-refractivity contribution in [3.8, 4) is 0 Å². The second-order valence-corrected chi connectivity index (χ2v) is 5.87. The lowest BCUT2D eigenvalue weighted by Crippen LogP contribution is -2.37. The van der Waals surface area contributed by atoms with Crippen LogP contribution in [0, 0.1) is 5.92 Å². The van der Waals surface area contributed by atoms with E-state index in [2.05, 4.69) is 38.0 Å². The molecule has 2 heteroatoms. The first-order valence-electron chi connectivity index (χ1n) is 7.03. The zero-order valence-corrected chi connectivity index (χ0v) is 11.6. The molecule has 1 aliphatic rings. The van der Waals surface area contributed by atoms with Gasteiger partial charge in [-0.05, 0) is 45.3 Å². The number of hydrogen-bond donors (Lipinski definition) is 1. The molecule has 0 aliphatic heterocycles. The summed E-state index contributed by atoms with van der Waals surface area (Å²) < 4.78 is 0. The molecule has 1 rings (SSSR count). The molecule has 0 aromatic heterocycles. The van der Waals surface area contributed by atoms with Crippen molar-refractivity contribution in [3.63, 3.8) is 0 Å². The van der Waals surface area contributed by atoms with Gasteiger partial charge in [-0.1, -0.05) is 33.6 Å². The minimum Gasteiger partial charge on any atom is -0.314 e. The van der Waals surface area contributed by atoms with E-state index >= 15 is 0 Å². The topological polar surface area (TPSA) is 15.3 Å². The molecular formula is C14H30N2. The third-order valence-corrected chi connectivity index (χ3v) is 3.77. The second kappa shape index (κ2) is 7.29. The van der Waals surface area contributed by atoms with E-state index in [0.717, 1.165) is 18.5 Å². The minimum atomic E-state index is 0.625. The average molecular weight is 226 g/mol. The van der Waals surface area contributed by atoms with Crippen LogP contribution < -0.4 is 5.32 Å². The molecule has 0 bridgehead atoms. The number of nitrogens with one attached hydrogen (secondary N) is 1. The van der Waals surface area contributed by atoms with Crippen molar-refractivity contribution < 1.29 is 0 Å². The van der Waals surface area contributed by atoms with E-state index in [1.807, 2.05) is 0 Å². The summed E-state index contributed by atoms with van der Waals surface area (Å²) >= 11 is 0. The van der Waals surface area contributed by atoms with Crippen molar-refractivity contribution in [2.24, 2.45) is 5.92 Å². The monoisotopic (exact) mass is 226 g/mol. The van der Waals surface area contributed by atoms with E-state index in [1.165, 1.54) is 38.6 Å². The molecule has 0 heterocycles. The summed E-state index contributed by atoms with van der Waals surface area (Å²) in [6.07, 6.45) is 6.98. The van der Waals surface area contributed by atoms with E-state index in [9.17, 15) is 0 Å². The van der Waals surface area contributed by atoms with Crippen LogP contribution in [0.1, 0.15) is 52.9 Å². The van der Waals surface area contributed by atoms with Crippen LogP contribution in [0.3, 0.4) is 0 Å². The van der Waals surface area contributed by atoms with Crippen LogP contribution in [-0.2, 0) is 0 Å². The molecule has 1 saturated carbocycles. The Hall–Kier alpha value is -0.0800. The van der Waals surface area contributed by atoms with Gasteiger partial charge in [0.2, 0.25) is 0 Å². The maximum Gasteiger partial charge on any atom is 0.00947 e. The first-order valence-corrected chi connectivity index (χ1v) is 7.03. The molecule has 1 N–H and O–H groups in total. The predicted molar refractivity (Wildman–Crippen MR) is 71.8 cm³/mol. The van der Waals surface area contributed by atoms with Gasteiger partial charge in [0.1, 0.15) is 0 Å². The summed E-state index contributed by atoms with van der Waals surface area (Å²) in [7, 11) is 2.30. The lowest BCUT2D eigenvalue weighted by molar-refractivity contribution is 0.162. The highest BCUT2D eigenvalue weighted by atomic mass is 15.1. The van der Waals surface area contributed by atoms with Crippen molar-refractivity contribution in [1.29, 1.82) is 0 Å². The first kappa shape index (κ1) is 14.0. The third-order valence-electron chi connectivity index (χ3n) is 3.77. The average Bonchev–Trinajstić information content (AvgIpc) is 2.24. The van der Waals surface area contributed by atoms with Gasteiger partial charge >= 0.3 is 0 Å². The SMILES string of the molecule is CC1CCCC(N(C)CCCNC(C)C)C1. The van der Waals surface area contributed by atoms with Gasteiger partial charge in [0, 0.05) is 12.1 Å². The number of rotatable bonds is 6. The van der Waals surface area contributed by atoms with Gasteiger partial charge in [0.25, 0.3) is 0 Å². The Balaban J connectivity index is 2.11. The third kappa shape index (κ3) is 5.31. The largest absolute Gasteiger partial charge is 0.314 e. The Morgan fingerprint density at radius 1 is 1.31 bits per heavy atom. The van der Waals surface area contributed by atoms with Crippen LogP contribution in [0.15, 0.2) is 0 Å². The summed E-state index contributed by atoms with van der Waals surface area (Å²) in [6.45, 7) is 9.24. The zero-order chi connectivity index (χ0) is 12.0. The molecule has 2 atom stereocenters. The lowest BCUT2D eigenvalue weighted by atomic mass is 9.86. The number of nitrogens with zero attached hydrogens (tertiary/aromatic N) is 1. The molecule has 1 fully saturated rings. The summed E-state index contributed by atoms with van der Waals surface area (Å²) in [5, 5.41) is 3.49. The fraction of sp³-hybridized carbons (Fsp3) is 1.00. The Bertz CT molecular complexity index is 180. The molecule has 0 saturated heterocycles. The highest BCUT2D eigenvalue weighted by molar-refractivity contribution is 4.77. The normalized spacial score (nSPS) is 26.6. The molecule has 0 aromatic carbocycles. The standard InChI is InChI=1S/C14H30N2/c1-12(2)15-9-6-10-16(4)14-8-5-7-13(3)11-14/h12-15H,5-11H2,1-4H3. The van der Waals surface area contributed by atoms with Crippen LogP contribution in [0.5, 0.6) is 0 Å². The zero-order valence-electron chi connectivity index (χ0n) is 11.6. The second-order valence-electron chi connectivity index (χ2n) is 5.87. The van der Waals surface area contributed by atoms with Gasteiger partial charge in [-0.3, -0.25) is 0 Å². The molecule has 0 radical (unpaired) electrons. The van der Waals surface area contributed by atoms with Crippen LogP contribution in [-0.4, -0.2) is 37.1 Å². The first-order chi connectivity index (χ1) is 7.59. The Morgan fingerprint density at radius 2 is 2.06 bits per heavy atom. The molecule has 0 amide bonds. The van der Waals surface area contributed by atoms with E-state index < -0.39 is 0 Å².